The summed E-state index contributed by atoms with van der Waals surface area (Å²) in [5.74, 6) is -0.497. The second-order valence-electron chi connectivity index (χ2n) is 25.8. The Balaban J connectivity index is 4.99. The second-order valence-corrected chi connectivity index (χ2v) is 27.2. The molecular weight excluding hydrogens is 1050 g/mol. The highest BCUT2D eigenvalue weighted by molar-refractivity contribution is 7.47. The molecule has 0 bridgehead atoms. The molecule has 0 aromatic heterocycles. The van der Waals surface area contributed by atoms with Crippen LogP contribution in [0, 0.1) is 0 Å². The molecule has 0 aromatic carbocycles. The van der Waals surface area contributed by atoms with E-state index in [9.17, 15) is 19.0 Å². The smallest absolute Gasteiger partial charge is 0.456 e. The molecule has 1 amide bonds. The van der Waals surface area contributed by atoms with Crippen molar-refractivity contribution in [3.05, 3.63) is 48.6 Å². The third-order valence-corrected chi connectivity index (χ3v) is 17.3. The summed E-state index contributed by atoms with van der Waals surface area (Å²) in [7, 11) is 1.50. The van der Waals surface area contributed by atoms with Gasteiger partial charge in [0.2, 0.25) is 5.91 Å². The summed E-state index contributed by atoms with van der Waals surface area (Å²) >= 11 is 0. The maximum atomic E-state index is 13.6. The van der Waals surface area contributed by atoms with Gasteiger partial charge < -0.3 is 19.4 Å². The SMILES string of the molecule is CCCCC/C=C\C/C=C\C/C=C\CCCCCCCCCCC(=O)NC(COP(=O)(O)OCC[N+](C)(C)C)C(/C=C/CCCCCCCCCCC)OC(=O)CCCCCCCCCCCCCCCCCCCCCCCCCCC. The topological polar surface area (TPSA) is 111 Å². The van der Waals surface area contributed by atoms with Crippen LogP contribution in [-0.2, 0) is 27.9 Å². The standard InChI is InChI=1S/C73H139N2O7P/c1-7-10-13-16-19-22-25-27-29-31-33-35-36-37-38-40-42-44-46-48-51-54-57-60-63-66-73(77)82-71(64-61-58-55-52-49-24-21-18-15-12-9-3)70(69-81-83(78,79)80-68-67-75(4,5)6)74-72(76)65-62-59-56-53-50-47-45-43-41-39-34-32-30-28-26-23-20-17-14-11-8-2/h20,23,28,30,34,39,61,64,70-71H,7-19,21-22,24-27,29,31-33,35-38,40-60,62-63,65-69H2,1-6H3,(H-,74,76,78,79)/p+1/b23-20-,30-28-,39-34-,64-61+. The average Bonchev–Trinajstić information content (AvgIpc) is 3.51. The molecule has 0 spiro atoms. The number of nitrogens with one attached hydrogen (secondary N) is 1. The number of amides is 1. The highest BCUT2D eigenvalue weighted by atomic mass is 31.2. The van der Waals surface area contributed by atoms with Gasteiger partial charge >= 0.3 is 13.8 Å². The zero-order chi connectivity index (χ0) is 60.7. The van der Waals surface area contributed by atoms with Crippen LogP contribution in [0.3, 0.4) is 0 Å². The second kappa shape index (κ2) is 63.0. The predicted molar refractivity (Wildman–Crippen MR) is 360 cm³/mol. The molecule has 0 aliphatic carbocycles. The van der Waals surface area contributed by atoms with E-state index in [1.165, 1.54) is 238 Å². The number of hydrogen-bond donors (Lipinski definition) is 2. The van der Waals surface area contributed by atoms with Crippen LogP contribution in [0.5, 0.6) is 0 Å². The molecule has 9 nitrogen and oxygen atoms in total. The molecule has 0 aliphatic rings. The summed E-state index contributed by atoms with van der Waals surface area (Å²) < 4.78 is 30.8. The van der Waals surface area contributed by atoms with Gasteiger partial charge in [0.15, 0.2) is 0 Å². The predicted octanol–water partition coefficient (Wildman–Crippen LogP) is 22.8. The van der Waals surface area contributed by atoms with Gasteiger partial charge in [0.25, 0.3) is 0 Å². The van der Waals surface area contributed by atoms with E-state index in [1.54, 1.807) is 0 Å². The molecule has 0 aromatic rings. The lowest BCUT2D eigenvalue weighted by molar-refractivity contribution is -0.870. The summed E-state index contributed by atoms with van der Waals surface area (Å²) in [4.78, 5) is 37.9. The molecule has 0 saturated heterocycles. The third kappa shape index (κ3) is 64.3. The van der Waals surface area contributed by atoms with E-state index >= 15 is 0 Å². The first-order valence-electron chi connectivity index (χ1n) is 36.0. The van der Waals surface area contributed by atoms with E-state index < -0.39 is 20.0 Å². The minimum absolute atomic E-state index is 0.0399. The van der Waals surface area contributed by atoms with Gasteiger partial charge in [-0.2, -0.15) is 0 Å². The Morgan fingerprint density at radius 2 is 0.735 bits per heavy atom. The van der Waals surface area contributed by atoms with E-state index in [-0.39, 0.29) is 25.1 Å². The van der Waals surface area contributed by atoms with Gasteiger partial charge in [0, 0.05) is 12.8 Å². The van der Waals surface area contributed by atoms with Gasteiger partial charge in [-0.15, -0.1) is 0 Å². The van der Waals surface area contributed by atoms with Crippen LogP contribution in [-0.4, -0.2) is 74.3 Å². The van der Waals surface area contributed by atoms with Gasteiger partial charge in [-0.05, 0) is 70.3 Å². The highest BCUT2D eigenvalue weighted by Crippen LogP contribution is 2.43. The van der Waals surface area contributed by atoms with Crippen molar-refractivity contribution in [2.45, 2.75) is 367 Å². The van der Waals surface area contributed by atoms with E-state index in [1.807, 2.05) is 33.3 Å². The maximum absolute atomic E-state index is 13.6. The number of nitrogens with zero attached hydrogens (tertiary/aromatic N) is 1. The summed E-state index contributed by atoms with van der Waals surface area (Å²) in [5, 5.41) is 3.07. The van der Waals surface area contributed by atoms with E-state index in [2.05, 4.69) is 62.5 Å². The van der Waals surface area contributed by atoms with Crippen molar-refractivity contribution in [1.82, 2.24) is 5.32 Å². The first kappa shape index (κ1) is 81.0. The van der Waals surface area contributed by atoms with Gasteiger partial charge in [-0.25, -0.2) is 4.57 Å². The summed E-state index contributed by atoms with van der Waals surface area (Å²) in [5.41, 5.74) is 0. The Morgan fingerprint density at radius 1 is 0.422 bits per heavy atom. The van der Waals surface area contributed by atoms with Gasteiger partial charge in [-0.1, -0.05) is 320 Å². The number of hydrogen-bond acceptors (Lipinski definition) is 6. The molecule has 0 rings (SSSR count). The molecule has 10 heteroatoms. The first-order valence-corrected chi connectivity index (χ1v) is 37.5. The molecule has 0 fully saturated rings. The van der Waals surface area contributed by atoms with Crippen LogP contribution in [0.25, 0.3) is 0 Å². The van der Waals surface area contributed by atoms with E-state index in [0.29, 0.717) is 23.9 Å². The van der Waals surface area contributed by atoms with Crippen molar-refractivity contribution in [3.63, 3.8) is 0 Å². The number of carbonyl (C=O) groups excluding carboxylic acids is 2. The van der Waals surface area contributed by atoms with E-state index in [0.717, 1.165) is 83.5 Å². The van der Waals surface area contributed by atoms with E-state index in [4.69, 9.17) is 13.8 Å². The molecule has 3 atom stereocenters. The minimum Gasteiger partial charge on any atom is -0.456 e. The Labute approximate surface area is 516 Å². The van der Waals surface area contributed by atoms with Crippen LogP contribution < -0.4 is 5.32 Å². The molecule has 2 N–H and O–H groups in total. The van der Waals surface area contributed by atoms with Crippen LogP contribution in [0.1, 0.15) is 355 Å². The fraction of sp³-hybridized carbons (Fsp3) is 0.863. The number of phosphoric ester groups is 1. The lowest BCUT2D eigenvalue weighted by Gasteiger charge is -2.27. The van der Waals surface area contributed by atoms with Crippen LogP contribution >= 0.6 is 7.82 Å². The van der Waals surface area contributed by atoms with Crippen molar-refractivity contribution in [2.24, 2.45) is 0 Å². The summed E-state index contributed by atoms with van der Waals surface area (Å²) in [6, 6.07) is -0.851. The number of likely N-dealkylation sites (N-methyl/N-ethyl adjacent to an activating group) is 1. The number of allylic oxidation sites excluding steroid dienone is 7. The first-order chi connectivity index (χ1) is 40.4. The Bertz CT molecular complexity index is 1560. The molecule has 488 valence electrons. The summed E-state index contributed by atoms with van der Waals surface area (Å²) in [6.45, 7) is 7.03. The number of unbranched alkanes of at least 4 members (excludes halogenated alkanes) is 44. The quantitative estimate of drug-likeness (QED) is 0.0205. The average molecular weight is 1190 g/mol. The van der Waals surface area contributed by atoms with Crippen molar-refractivity contribution in [2.75, 3.05) is 40.9 Å². The highest BCUT2D eigenvalue weighted by Gasteiger charge is 2.30. The molecule has 0 aliphatic heterocycles. The summed E-state index contributed by atoms with van der Waals surface area (Å²) in [6.07, 6.45) is 79.9. The molecule has 3 unspecified atom stereocenters. The number of rotatable bonds is 66. The lowest BCUT2D eigenvalue weighted by atomic mass is 10.0. The lowest BCUT2D eigenvalue weighted by Crippen LogP contribution is -2.47. The Hall–Kier alpha value is -2.03. The maximum Gasteiger partial charge on any atom is 0.472 e. The fourth-order valence-corrected chi connectivity index (χ4v) is 11.5. The van der Waals surface area contributed by atoms with Crippen molar-refractivity contribution >= 4 is 19.7 Å². The molecular formula is C73H140N2O7P+. The van der Waals surface area contributed by atoms with Crippen LogP contribution in [0.2, 0.25) is 0 Å². The fourth-order valence-electron chi connectivity index (χ4n) is 10.7. The number of quaternary nitrogens is 1. The monoisotopic (exact) mass is 1190 g/mol. The minimum atomic E-state index is -4.45. The third-order valence-electron chi connectivity index (χ3n) is 16.3. The normalized spacial score (nSPS) is 13.8. The van der Waals surface area contributed by atoms with Gasteiger partial charge in [0.05, 0.1) is 33.8 Å². The number of phosphoric acid groups is 1. The number of carbonyl (C=O) groups is 2. The molecule has 83 heavy (non-hydrogen) atoms. The number of esters is 1. The largest absolute Gasteiger partial charge is 0.472 e. The molecule has 0 saturated carbocycles. The van der Waals surface area contributed by atoms with Crippen molar-refractivity contribution in [3.8, 4) is 0 Å². The zero-order valence-electron chi connectivity index (χ0n) is 56.0. The number of ether oxygens (including phenoxy) is 1. The van der Waals surface area contributed by atoms with Crippen LogP contribution in [0.15, 0.2) is 48.6 Å². The van der Waals surface area contributed by atoms with Gasteiger partial charge in [-0.3, -0.25) is 18.6 Å². The Kier molecular flexibility index (Phi) is 61.5. The zero-order valence-corrected chi connectivity index (χ0v) is 56.8. The van der Waals surface area contributed by atoms with Crippen LogP contribution in [0.4, 0.5) is 0 Å². The Morgan fingerprint density at radius 3 is 1.12 bits per heavy atom. The molecule has 0 radical (unpaired) electrons. The van der Waals surface area contributed by atoms with Gasteiger partial charge in [0.1, 0.15) is 19.3 Å². The van der Waals surface area contributed by atoms with Crippen molar-refractivity contribution in [1.29, 1.82) is 0 Å². The molecule has 0 heterocycles. The van der Waals surface area contributed by atoms with Crippen molar-refractivity contribution < 1.29 is 37.3 Å².